The van der Waals surface area contributed by atoms with Gasteiger partial charge in [0, 0.05) is 64.9 Å². The molecule has 0 radical (unpaired) electrons. The molecule has 0 aliphatic carbocycles. The van der Waals surface area contributed by atoms with Gasteiger partial charge in [0.05, 0.1) is 6.26 Å². The van der Waals surface area contributed by atoms with Crippen LogP contribution in [0.3, 0.4) is 0 Å². The Morgan fingerprint density at radius 2 is 1.81 bits per heavy atom. The fourth-order valence-corrected chi connectivity index (χ4v) is 4.75. The predicted octanol–water partition coefficient (Wildman–Crippen LogP) is -0.753. The minimum atomic E-state index is -3.01. The summed E-state index contributed by atoms with van der Waals surface area (Å²) in [4.78, 5) is 5.10. The molecule has 3 heterocycles. The van der Waals surface area contributed by atoms with Crippen LogP contribution >= 0.6 is 0 Å². The molecule has 1 unspecified atom stereocenters. The van der Waals surface area contributed by atoms with E-state index in [-0.39, 0.29) is 0 Å². The molecule has 6 nitrogen and oxygen atoms in total. The van der Waals surface area contributed by atoms with Crippen molar-refractivity contribution in [2.24, 2.45) is 5.92 Å². The Kier molecular flexibility index (Phi) is 4.85. The zero-order valence-electron chi connectivity index (χ0n) is 13.0. The first-order chi connectivity index (χ1) is 10.0. The average molecular weight is 316 g/mol. The summed E-state index contributed by atoms with van der Waals surface area (Å²) in [5.74, 6) is 0.512. The Balaban J connectivity index is 1.42. The van der Waals surface area contributed by atoms with Crippen LogP contribution in [0.25, 0.3) is 0 Å². The van der Waals surface area contributed by atoms with Crippen molar-refractivity contribution in [1.29, 1.82) is 0 Å². The molecule has 0 bridgehead atoms. The first-order valence-electron chi connectivity index (χ1n) is 8.14. The van der Waals surface area contributed by atoms with Crippen LogP contribution in [0, 0.1) is 5.92 Å². The number of hydrogen-bond acceptors (Lipinski definition) is 5. The molecule has 3 aliphatic heterocycles. The lowest BCUT2D eigenvalue weighted by atomic mass is 9.96. The lowest BCUT2D eigenvalue weighted by Gasteiger charge is -2.48. The fourth-order valence-electron chi connectivity index (χ4n) is 3.81. The SMILES string of the molecule is CS(=O)(=O)N1CCCC(CN2CC(N3CCNCC3)C2)C1. The topological polar surface area (TPSA) is 55.9 Å². The summed E-state index contributed by atoms with van der Waals surface area (Å²) in [5.41, 5.74) is 0. The predicted molar refractivity (Wildman–Crippen MR) is 83.8 cm³/mol. The van der Waals surface area contributed by atoms with Gasteiger partial charge in [0.2, 0.25) is 10.0 Å². The molecular formula is C14H28N4O2S. The van der Waals surface area contributed by atoms with Crippen molar-refractivity contribution in [3.63, 3.8) is 0 Å². The van der Waals surface area contributed by atoms with Crippen molar-refractivity contribution in [2.75, 3.05) is 65.2 Å². The van der Waals surface area contributed by atoms with E-state index in [2.05, 4.69) is 15.1 Å². The standard InChI is InChI=1S/C14H28N4O2S/c1-21(19,20)18-6-2-3-13(10-18)9-16-11-14(12-16)17-7-4-15-5-8-17/h13-15H,2-12H2,1H3. The minimum Gasteiger partial charge on any atom is -0.314 e. The summed E-state index contributed by atoms with van der Waals surface area (Å²) in [6.07, 6.45) is 3.51. The van der Waals surface area contributed by atoms with Crippen LogP contribution in [-0.2, 0) is 10.0 Å². The van der Waals surface area contributed by atoms with E-state index in [0.29, 0.717) is 19.0 Å². The van der Waals surface area contributed by atoms with E-state index >= 15 is 0 Å². The highest BCUT2D eigenvalue weighted by Crippen LogP contribution is 2.23. The van der Waals surface area contributed by atoms with Crippen molar-refractivity contribution >= 4 is 10.0 Å². The van der Waals surface area contributed by atoms with Gasteiger partial charge in [0.25, 0.3) is 0 Å². The second-order valence-electron chi connectivity index (χ2n) is 6.79. The lowest BCUT2D eigenvalue weighted by Crippen LogP contribution is -2.63. The molecule has 1 N–H and O–H groups in total. The zero-order chi connectivity index (χ0) is 14.9. The van der Waals surface area contributed by atoms with E-state index in [4.69, 9.17) is 0 Å². The largest absolute Gasteiger partial charge is 0.314 e. The molecule has 21 heavy (non-hydrogen) atoms. The van der Waals surface area contributed by atoms with Gasteiger partial charge in [-0.1, -0.05) is 0 Å². The molecule has 122 valence electrons. The molecule has 0 aromatic heterocycles. The highest BCUT2D eigenvalue weighted by Gasteiger charge is 2.35. The number of nitrogens with zero attached hydrogens (tertiary/aromatic N) is 3. The van der Waals surface area contributed by atoms with Gasteiger partial charge in [-0.3, -0.25) is 9.80 Å². The van der Waals surface area contributed by atoms with E-state index in [1.807, 2.05) is 0 Å². The van der Waals surface area contributed by atoms with Gasteiger partial charge >= 0.3 is 0 Å². The third kappa shape index (κ3) is 3.96. The maximum Gasteiger partial charge on any atom is 0.211 e. The molecule has 0 aromatic carbocycles. The third-order valence-corrected chi connectivity index (χ3v) is 6.34. The van der Waals surface area contributed by atoms with Crippen molar-refractivity contribution < 1.29 is 8.42 Å². The number of nitrogens with one attached hydrogen (secondary N) is 1. The van der Waals surface area contributed by atoms with E-state index in [0.717, 1.165) is 45.2 Å². The van der Waals surface area contributed by atoms with Gasteiger partial charge < -0.3 is 5.32 Å². The van der Waals surface area contributed by atoms with Crippen molar-refractivity contribution in [1.82, 2.24) is 19.4 Å². The maximum atomic E-state index is 11.7. The molecule has 0 amide bonds. The Morgan fingerprint density at radius 1 is 1.10 bits per heavy atom. The molecule has 7 heteroatoms. The lowest BCUT2D eigenvalue weighted by molar-refractivity contribution is 0.0130. The number of rotatable bonds is 4. The summed E-state index contributed by atoms with van der Waals surface area (Å²) in [6.45, 7) is 9.38. The highest BCUT2D eigenvalue weighted by molar-refractivity contribution is 7.88. The number of sulfonamides is 1. The third-order valence-electron chi connectivity index (χ3n) is 5.07. The molecule has 0 saturated carbocycles. The Bertz CT molecular complexity index is 444. The Hall–Kier alpha value is -0.210. The molecule has 0 aromatic rings. The second kappa shape index (κ2) is 6.50. The van der Waals surface area contributed by atoms with Crippen LogP contribution in [0.1, 0.15) is 12.8 Å². The van der Waals surface area contributed by atoms with Crippen molar-refractivity contribution in [2.45, 2.75) is 18.9 Å². The smallest absolute Gasteiger partial charge is 0.211 e. The minimum absolute atomic E-state index is 0.512. The molecule has 3 aliphatic rings. The maximum absolute atomic E-state index is 11.7. The van der Waals surface area contributed by atoms with E-state index < -0.39 is 10.0 Å². The first-order valence-corrected chi connectivity index (χ1v) is 9.99. The summed E-state index contributed by atoms with van der Waals surface area (Å²) < 4.78 is 25.0. The van der Waals surface area contributed by atoms with Gasteiger partial charge in [0.15, 0.2) is 0 Å². The zero-order valence-corrected chi connectivity index (χ0v) is 13.8. The van der Waals surface area contributed by atoms with Gasteiger partial charge in [-0.15, -0.1) is 0 Å². The Morgan fingerprint density at radius 3 is 2.48 bits per heavy atom. The van der Waals surface area contributed by atoms with Crippen LogP contribution < -0.4 is 5.32 Å². The van der Waals surface area contributed by atoms with Gasteiger partial charge in [0.1, 0.15) is 0 Å². The summed E-state index contributed by atoms with van der Waals surface area (Å²) >= 11 is 0. The second-order valence-corrected chi connectivity index (χ2v) is 8.77. The molecule has 1 atom stereocenters. The summed E-state index contributed by atoms with van der Waals surface area (Å²) in [6, 6.07) is 0.724. The van der Waals surface area contributed by atoms with Gasteiger partial charge in [-0.2, -0.15) is 0 Å². The van der Waals surface area contributed by atoms with Gasteiger partial charge in [-0.25, -0.2) is 12.7 Å². The van der Waals surface area contributed by atoms with Crippen LogP contribution in [-0.4, -0.2) is 93.7 Å². The van der Waals surface area contributed by atoms with Crippen LogP contribution in [0.5, 0.6) is 0 Å². The molecule has 3 fully saturated rings. The molecule has 0 spiro atoms. The van der Waals surface area contributed by atoms with Crippen LogP contribution in [0.2, 0.25) is 0 Å². The number of hydrogen-bond donors (Lipinski definition) is 1. The van der Waals surface area contributed by atoms with E-state index in [1.54, 1.807) is 4.31 Å². The summed E-state index contributed by atoms with van der Waals surface area (Å²) in [5, 5.41) is 3.40. The van der Waals surface area contributed by atoms with E-state index in [9.17, 15) is 8.42 Å². The number of likely N-dealkylation sites (tertiary alicyclic amines) is 1. The number of piperazine rings is 1. The average Bonchev–Trinajstić information content (AvgIpc) is 2.43. The Labute approximate surface area is 128 Å². The first kappa shape index (κ1) is 15.7. The fraction of sp³-hybridized carbons (Fsp3) is 1.00. The van der Waals surface area contributed by atoms with Crippen LogP contribution in [0.4, 0.5) is 0 Å². The van der Waals surface area contributed by atoms with Crippen molar-refractivity contribution in [3.8, 4) is 0 Å². The monoisotopic (exact) mass is 316 g/mol. The number of piperidine rings is 1. The molecular weight excluding hydrogens is 288 g/mol. The molecule has 3 rings (SSSR count). The van der Waals surface area contributed by atoms with Crippen molar-refractivity contribution in [3.05, 3.63) is 0 Å². The summed E-state index contributed by atoms with van der Waals surface area (Å²) in [7, 11) is -3.01. The van der Waals surface area contributed by atoms with Crippen LogP contribution in [0.15, 0.2) is 0 Å². The van der Waals surface area contributed by atoms with Gasteiger partial charge in [-0.05, 0) is 18.8 Å². The quantitative estimate of drug-likeness (QED) is 0.739. The molecule has 3 saturated heterocycles. The normalized spacial score (nSPS) is 31.2. The van der Waals surface area contributed by atoms with E-state index in [1.165, 1.54) is 25.8 Å². The highest BCUT2D eigenvalue weighted by atomic mass is 32.2.